The lowest BCUT2D eigenvalue weighted by Gasteiger charge is -2.28. The number of hydrogen-bond acceptors (Lipinski definition) is 6. The second kappa shape index (κ2) is 6.41. The topological polar surface area (TPSA) is 88.6 Å². The molecule has 2 amide bonds. The van der Waals surface area contributed by atoms with Gasteiger partial charge in [0.2, 0.25) is 11.7 Å². The number of thiazole rings is 1. The Labute approximate surface area is 166 Å². The SMILES string of the molecule is CC(C)(C)OC(=O)N1C[C@]2(C[C@H]1C(=O)c1nccs1)C(=O)Nc1ccccc12. The quantitative estimate of drug-likeness (QED) is 0.784. The molecule has 2 aliphatic heterocycles. The van der Waals surface area contributed by atoms with Crippen molar-refractivity contribution < 1.29 is 19.1 Å². The highest BCUT2D eigenvalue weighted by Crippen LogP contribution is 2.47. The van der Waals surface area contributed by atoms with Gasteiger partial charge in [0.05, 0.1) is 5.41 Å². The van der Waals surface area contributed by atoms with Gasteiger partial charge in [0, 0.05) is 23.8 Å². The number of benzene rings is 1. The third-order valence-electron chi connectivity index (χ3n) is 5.06. The van der Waals surface area contributed by atoms with E-state index in [-0.39, 0.29) is 24.7 Å². The smallest absolute Gasteiger partial charge is 0.410 e. The van der Waals surface area contributed by atoms with Gasteiger partial charge in [-0.1, -0.05) is 18.2 Å². The number of hydrogen-bond donors (Lipinski definition) is 1. The number of ketones is 1. The van der Waals surface area contributed by atoms with E-state index in [0.717, 1.165) is 11.3 Å². The predicted molar refractivity (Wildman–Crippen MR) is 105 cm³/mol. The molecule has 0 radical (unpaired) electrons. The Kier molecular flexibility index (Phi) is 4.26. The summed E-state index contributed by atoms with van der Waals surface area (Å²) in [6.07, 6.45) is 1.15. The number of nitrogens with zero attached hydrogens (tertiary/aromatic N) is 2. The Bertz CT molecular complexity index is 951. The second-order valence-corrected chi connectivity index (χ2v) is 9.01. The van der Waals surface area contributed by atoms with Crippen LogP contribution in [-0.2, 0) is 14.9 Å². The van der Waals surface area contributed by atoms with Crippen LogP contribution in [0.5, 0.6) is 0 Å². The van der Waals surface area contributed by atoms with Gasteiger partial charge in [-0.05, 0) is 38.8 Å². The molecule has 1 saturated heterocycles. The highest BCUT2D eigenvalue weighted by molar-refractivity contribution is 7.11. The molecule has 146 valence electrons. The van der Waals surface area contributed by atoms with Crippen LogP contribution in [-0.4, -0.2) is 45.9 Å². The number of ether oxygens (including phenoxy) is 1. The molecule has 0 aliphatic carbocycles. The molecular formula is C20H21N3O4S. The maximum absolute atomic E-state index is 13.1. The zero-order chi connectivity index (χ0) is 20.1. The number of carbonyl (C=O) groups excluding carboxylic acids is 3. The molecule has 2 aliphatic rings. The summed E-state index contributed by atoms with van der Waals surface area (Å²) in [5, 5.41) is 4.93. The van der Waals surface area contributed by atoms with Crippen LogP contribution < -0.4 is 5.32 Å². The molecule has 0 bridgehead atoms. The highest BCUT2D eigenvalue weighted by atomic mass is 32.1. The third-order valence-corrected chi connectivity index (χ3v) is 5.85. The number of likely N-dealkylation sites (tertiary alicyclic amines) is 1. The Morgan fingerprint density at radius 3 is 2.75 bits per heavy atom. The van der Waals surface area contributed by atoms with Gasteiger partial charge >= 0.3 is 6.09 Å². The lowest BCUT2D eigenvalue weighted by molar-refractivity contribution is -0.120. The fraction of sp³-hybridized carbons (Fsp3) is 0.400. The predicted octanol–water partition coefficient (Wildman–Crippen LogP) is 3.23. The molecular weight excluding hydrogens is 378 g/mol. The lowest BCUT2D eigenvalue weighted by atomic mass is 9.79. The van der Waals surface area contributed by atoms with Crippen molar-refractivity contribution in [3.05, 3.63) is 46.4 Å². The number of fused-ring (bicyclic) bond motifs is 2. The number of carbonyl (C=O) groups is 3. The van der Waals surface area contributed by atoms with Crippen LogP contribution in [0.2, 0.25) is 0 Å². The van der Waals surface area contributed by atoms with Crippen molar-refractivity contribution in [1.29, 1.82) is 0 Å². The van der Waals surface area contributed by atoms with Gasteiger partial charge < -0.3 is 10.1 Å². The largest absolute Gasteiger partial charge is 0.444 e. The molecule has 0 saturated carbocycles. The summed E-state index contributed by atoms with van der Waals surface area (Å²) in [6.45, 7) is 5.40. The second-order valence-electron chi connectivity index (χ2n) is 8.11. The van der Waals surface area contributed by atoms with Gasteiger partial charge in [-0.25, -0.2) is 9.78 Å². The summed E-state index contributed by atoms with van der Waals surface area (Å²) in [5.74, 6) is -0.466. The van der Waals surface area contributed by atoms with E-state index in [1.165, 1.54) is 16.2 Å². The molecule has 1 aromatic carbocycles. The molecule has 3 heterocycles. The number of aromatic nitrogens is 1. The number of anilines is 1. The fourth-order valence-corrected chi connectivity index (χ4v) is 4.50. The van der Waals surface area contributed by atoms with Crippen LogP contribution >= 0.6 is 11.3 Å². The van der Waals surface area contributed by atoms with Crippen LogP contribution in [0.25, 0.3) is 0 Å². The van der Waals surface area contributed by atoms with E-state index in [1.54, 1.807) is 32.3 Å². The van der Waals surface area contributed by atoms with Gasteiger partial charge in [0.25, 0.3) is 0 Å². The Hall–Kier alpha value is -2.74. The van der Waals surface area contributed by atoms with Crippen molar-refractivity contribution in [3.8, 4) is 0 Å². The van der Waals surface area contributed by atoms with E-state index in [2.05, 4.69) is 10.3 Å². The van der Waals surface area contributed by atoms with Gasteiger partial charge in [0.1, 0.15) is 11.6 Å². The molecule has 2 aromatic rings. The number of amides is 2. The molecule has 0 unspecified atom stereocenters. The summed E-state index contributed by atoms with van der Waals surface area (Å²) >= 11 is 1.22. The van der Waals surface area contributed by atoms with E-state index >= 15 is 0 Å². The summed E-state index contributed by atoms with van der Waals surface area (Å²) in [6, 6.07) is 6.59. The molecule has 7 nitrogen and oxygen atoms in total. The van der Waals surface area contributed by atoms with Crippen LogP contribution in [0.4, 0.5) is 10.5 Å². The van der Waals surface area contributed by atoms with Crippen molar-refractivity contribution >= 4 is 34.8 Å². The molecule has 2 atom stereocenters. The van der Waals surface area contributed by atoms with E-state index in [1.807, 2.05) is 24.3 Å². The first-order chi connectivity index (χ1) is 13.2. The van der Waals surface area contributed by atoms with Crippen LogP contribution in [0.1, 0.15) is 42.6 Å². The number of nitrogens with one attached hydrogen (secondary N) is 1. The van der Waals surface area contributed by atoms with Crippen molar-refractivity contribution in [2.75, 3.05) is 11.9 Å². The lowest BCUT2D eigenvalue weighted by Crippen LogP contribution is -2.44. The van der Waals surface area contributed by atoms with Crippen molar-refractivity contribution in [2.45, 2.75) is 44.2 Å². The summed E-state index contributed by atoms with van der Waals surface area (Å²) in [7, 11) is 0. The Balaban J connectivity index is 1.74. The molecule has 28 heavy (non-hydrogen) atoms. The van der Waals surface area contributed by atoms with Crippen molar-refractivity contribution in [1.82, 2.24) is 9.88 Å². The number of para-hydroxylation sites is 1. The zero-order valence-electron chi connectivity index (χ0n) is 15.9. The fourth-order valence-electron chi connectivity index (χ4n) is 3.87. The van der Waals surface area contributed by atoms with E-state index in [0.29, 0.717) is 5.01 Å². The monoisotopic (exact) mass is 399 g/mol. The average molecular weight is 399 g/mol. The summed E-state index contributed by atoms with van der Waals surface area (Å²) in [4.78, 5) is 44.5. The molecule has 1 spiro atoms. The maximum atomic E-state index is 13.1. The van der Waals surface area contributed by atoms with Crippen LogP contribution in [0.15, 0.2) is 35.8 Å². The van der Waals surface area contributed by atoms with Gasteiger partial charge in [-0.2, -0.15) is 0 Å². The molecule has 8 heteroatoms. The van der Waals surface area contributed by atoms with E-state index < -0.39 is 23.2 Å². The summed E-state index contributed by atoms with van der Waals surface area (Å²) < 4.78 is 5.53. The van der Waals surface area contributed by atoms with Gasteiger partial charge in [0.15, 0.2) is 5.01 Å². The molecule has 4 rings (SSSR count). The number of Topliss-reactive ketones (excluding diaryl/α,β-unsaturated/α-hetero) is 1. The Morgan fingerprint density at radius 1 is 1.32 bits per heavy atom. The molecule has 1 aromatic heterocycles. The first kappa shape index (κ1) is 18.6. The molecule has 1 fully saturated rings. The van der Waals surface area contributed by atoms with Gasteiger partial charge in [-0.3, -0.25) is 14.5 Å². The summed E-state index contributed by atoms with van der Waals surface area (Å²) in [5.41, 5.74) is -0.148. The highest BCUT2D eigenvalue weighted by Gasteiger charge is 2.58. The minimum Gasteiger partial charge on any atom is -0.444 e. The van der Waals surface area contributed by atoms with Crippen molar-refractivity contribution in [3.63, 3.8) is 0 Å². The first-order valence-corrected chi connectivity index (χ1v) is 9.93. The average Bonchev–Trinajstić information content (AvgIpc) is 3.34. The first-order valence-electron chi connectivity index (χ1n) is 9.06. The molecule has 1 N–H and O–H groups in total. The van der Waals surface area contributed by atoms with Crippen LogP contribution in [0.3, 0.4) is 0 Å². The van der Waals surface area contributed by atoms with E-state index in [4.69, 9.17) is 4.74 Å². The minimum atomic E-state index is -0.967. The standard InChI is InChI=1S/C20H21N3O4S/c1-19(2,3)27-18(26)23-11-20(10-14(23)15(24)16-21-8-9-28-16)12-6-4-5-7-13(12)22-17(20)25/h4-9,14H,10-11H2,1-3H3,(H,22,25)/t14-,20-/m0/s1. The zero-order valence-corrected chi connectivity index (χ0v) is 16.7. The normalized spacial score (nSPS) is 23.6. The van der Waals surface area contributed by atoms with Crippen LogP contribution in [0, 0.1) is 0 Å². The minimum absolute atomic E-state index is 0.0898. The number of rotatable bonds is 2. The maximum Gasteiger partial charge on any atom is 0.410 e. The third kappa shape index (κ3) is 2.97. The Morgan fingerprint density at radius 2 is 2.07 bits per heavy atom. The van der Waals surface area contributed by atoms with Crippen molar-refractivity contribution in [2.24, 2.45) is 0 Å². The van der Waals surface area contributed by atoms with E-state index in [9.17, 15) is 14.4 Å². The van der Waals surface area contributed by atoms with Gasteiger partial charge in [-0.15, -0.1) is 11.3 Å².